The number of halogens is 4. The summed E-state index contributed by atoms with van der Waals surface area (Å²) >= 11 is 3.52. The van der Waals surface area contributed by atoms with Gasteiger partial charge in [-0.25, -0.2) is 4.98 Å². The fraction of sp³-hybridized carbons (Fsp3) is 0.192. The minimum Gasteiger partial charge on any atom is -0.306 e. The van der Waals surface area contributed by atoms with Gasteiger partial charge in [-0.15, -0.1) is 0 Å². The minimum atomic E-state index is -4.41. The summed E-state index contributed by atoms with van der Waals surface area (Å²) in [6.07, 6.45) is -0.228. The predicted octanol–water partition coefficient (Wildman–Crippen LogP) is 5.84. The van der Waals surface area contributed by atoms with Crippen LogP contribution in [0, 0.1) is 0 Å². The Morgan fingerprint density at radius 1 is 1.06 bits per heavy atom. The van der Waals surface area contributed by atoms with Crippen LogP contribution in [0.1, 0.15) is 22.4 Å². The van der Waals surface area contributed by atoms with Gasteiger partial charge >= 0.3 is 6.18 Å². The van der Waals surface area contributed by atoms with Crippen molar-refractivity contribution in [3.63, 3.8) is 0 Å². The highest BCUT2D eigenvalue weighted by molar-refractivity contribution is 9.10. The lowest BCUT2D eigenvalue weighted by Gasteiger charge is -2.28. The average Bonchev–Trinajstić information content (AvgIpc) is 2.84. The third-order valence-electron chi connectivity index (χ3n) is 6.07. The summed E-state index contributed by atoms with van der Waals surface area (Å²) in [5, 5.41) is 0. The number of benzene rings is 2. The fourth-order valence-corrected chi connectivity index (χ4v) is 4.70. The van der Waals surface area contributed by atoms with Gasteiger partial charge in [0.15, 0.2) is 0 Å². The molecule has 0 fully saturated rings. The molecule has 0 amide bonds. The summed E-state index contributed by atoms with van der Waals surface area (Å²) in [6.45, 7) is 1.75. The van der Waals surface area contributed by atoms with Crippen LogP contribution in [0.3, 0.4) is 0 Å². The molecule has 9 heteroatoms. The molecule has 0 atom stereocenters. The fourth-order valence-electron chi connectivity index (χ4n) is 4.30. The van der Waals surface area contributed by atoms with Crippen molar-refractivity contribution in [2.24, 2.45) is 0 Å². The minimum absolute atomic E-state index is 0.270. The number of pyridine rings is 1. The molecular weight excluding hydrogens is 521 g/mol. The van der Waals surface area contributed by atoms with Gasteiger partial charge in [0.25, 0.3) is 5.56 Å². The Morgan fingerprint density at radius 3 is 2.60 bits per heavy atom. The molecule has 0 saturated heterocycles. The Balaban J connectivity index is 1.38. The number of alkyl halides is 3. The number of nitrogens with zero attached hydrogens (tertiary/aromatic N) is 3. The summed E-state index contributed by atoms with van der Waals surface area (Å²) in [5.41, 5.74) is 3.90. The van der Waals surface area contributed by atoms with Crippen molar-refractivity contribution in [2.75, 3.05) is 6.54 Å². The molecule has 5 rings (SSSR count). The molecule has 2 aromatic heterocycles. The first-order valence-electron chi connectivity index (χ1n) is 11.0. The first kappa shape index (κ1) is 23.4. The Bertz CT molecular complexity index is 1430. The summed E-state index contributed by atoms with van der Waals surface area (Å²) in [7, 11) is 0. The molecule has 0 bridgehead atoms. The van der Waals surface area contributed by atoms with E-state index in [-0.39, 0.29) is 11.4 Å². The number of hydrogen-bond acceptors (Lipinski definition) is 4. The van der Waals surface area contributed by atoms with Gasteiger partial charge in [-0.1, -0.05) is 40.2 Å². The van der Waals surface area contributed by atoms with Gasteiger partial charge in [0, 0.05) is 48.5 Å². The van der Waals surface area contributed by atoms with E-state index >= 15 is 0 Å². The van der Waals surface area contributed by atoms with Crippen LogP contribution < -0.4 is 5.56 Å². The van der Waals surface area contributed by atoms with E-state index in [0.29, 0.717) is 42.9 Å². The molecule has 35 heavy (non-hydrogen) atoms. The van der Waals surface area contributed by atoms with Crippen molar-refractivity contribution in [2.45, 2.75) is 25.7 Å². The van der Waals surface area contributed by atoms with Gasteiger partial charge in [0.05, 0.1) is 16.8 Å². The molecule has 4 aromatic rings. The van der Waals surface area contributed by atoms with E-state index in [4.69, 9.17) is 0 Å². The highest BCUT2D eigenvalue weighted by Crippen LogP contribution is 2.31. The van der Waals surface area contributed by atoms with E-state index in [1.807, 2.05) is 30.5 Å². The number of hydrogen-bond donors (Lipinski definition) is 1. The Labute approximate surface area is 207 Å². The topological polar surface area (TPSA) is 61.9 Å². The second-order valence-electron chi connectivity index (χ2n) is 8.42. The summed E-state index contributed by atoms with van der Waals surface area (Å²) in [5.74, 6) is 0.278. The van der Waals surface area contributed by atoms with E-state index in [2.05, 4.69) is 41.8 Å². The van der Waals surface area contributed by atoms with Gasteiger partial charge in [-0.05, 0) is 47.0 Å². The second-order valence-corrected chi connectivity index (χ2v) is 9.33. The Morgan fingerprint density at radius 2 is 1.86 bits per heavy atom. The maximum absolute atomic E-state index is 12.9. The van der Waals surface area contributed by atoms with Crippen molar-refractivity contribution in [1.29, 1.82) is 0 Å². The number of fused-ring (bicyclic) bond motifs is 1. The number of H-pyrrole nitrogens is 1. The van der Waals surface area contributed by atoms with Crippen molar-refractivity contribution >= 4 is 15.9 Å². The molecule has 1 aliphatic rings. The van der Waals surface area contributed by atoms with Crippen molar-refractivity contribution in [3.05, 3.63) is 104 Å². The summed E-state index contributed by atoms with van der Waals surface area (Å²) in [4.78, 5) is 26.7. The average molecular weight is 541 g/mol. The van der Waals surface area contributed by atoms with Crippen LogP contribution in [-0.2, 0) is 25.7 Å². The maximum Gasteiger partial charge on any atom is 0.416 e. The highest BCUT2D eigenvalue weighted by atomic mass is 79.9. The molecule has 1 aliphatic heterocycles. The van der Waals surface area contributed by atoms with E-state index in [0.717, 1.165) is 33.3 Å². The quantitative estimate of drug-likeness (QED) is 0.353. The number of aromatic amines is 1. The van der Waals surface area contributed by atoms with E-state index in [9.17, 15) is 18.0 Å². The number of rotatable bonds is 4. The van der Waals surface area contributed by atoms with Crippen molar-refractivity contribution in [3.8, 4) is 22.5 Å². The number of aromatic nitrogens is 3. The molecule has 5 nitrogen and oxygen atoms in total. The van der Waals surface area contributed by atoms with Crippen LogP contribution in [0.2, 0.25) is 0 Å². The van der Waals surface area contributed by atoms with Gasteiger partial charge in [0.1, 0.15) is 5.82 Å². The van der Waals surface area contributed by atoms with Crippen LogP contribution in [-0.4, -0.2) is 26.4 Å². The van der Waals surface area contributed by atoms with Crippen LogP contribution >= 0.6 is 15.9 Å². The van der Waals surface area contributed by atoms with E-state index < -0.39 is 11.7 Å². The van der Waals surface area contributed by atoms with Gasteiger partial charge in [-0.3, -0.25) is 14.7 Å². The van der Waals surface area contributed by atoms with Gasteiger partial charge in [-0.2, -0.15) is 13.2 Å². The third kappa shape index (κ3) is 5.06. The SMILES string of the molecule is O=c1[nH]c(-c2ccc(C(F)(F)F)cc2)nc2c1CN(Cc1cnccc1-c1cccc(Br)c1)CC2. The molecule has 0 saturated carbocycles. The molecule has 0 spiro atoms. The smallest absolute Gasteiger partial charge is 0.306 e. The molecule has 1 N–H and O–H groups in total. The molecule has 3 heterocycles. The standard InChI is InChI=1S/C26H20BrF3N4O/c27-20-3-1-2-17(12-20)21-8-10-31-13-18(21)14-34-11-9-23-22(15-34)25(35)33-24(32-23)16-4-6-19(7-5-16)26(28,29)30/h1-8,10,12-13H,9,11,14-15H2,(H,32,33,35). The number of nitrogens with one attached hydrogen (secondary N) is 1. The van der Waals surface area contributed by atoms with Crippen LogP contribution in [0.4, 0.5) is 13.2 Å². The normalized spacial score (nSPS) is 14.1. The summed E-state index contributed by atoms with van der Waals surface area (Å²) < 4.78 is 39.6. The van der Waals surface area contributed by atoms with Crippen LogP contribution in [0.25, 0.3) is 22.5 Å². The van der Waals surface area contributed by atoms with Crippen molar-refractivity contribution in [1.82, 2.24) is 19.9 Å². The Hall–Kier alpha value is -3.30. The van der Waals surface area contributed by atoms with E-state index in [1.54, 1.807) is 6.20 Å². The first-order valence-corrected chi connectivity index (χ1v) is 11.8. The van der Waals surface area contributed by atoms with Crippen molar-refractivity contribution < 1.29 is 13.2 Å². The molecule has 0 radical (unpaired) electrons. The molecular formula is C26H20BrF3N4O. The maximum atomic E-state index is 12.9. The predicted molar refractivity (Wildman–Crippen MR) is 130 cm³/mol. The van der Waals surface area contributed by atoms with Crippen LogP contribution in [0.15, 0.2) is 76.3 Å². The first-order chi connectivity index (χ1) is 16.8. The molecule has 2 aromatic carbocycles. The lowest BCUT2D eigenvalue weighted by atomic mass is 10.00. The van der Waals surface area contributed by atoms with E-state index in [1.165, 1.54) is 12.1 Å². The molecule has 0 unspecified atom stereocenters. The lowest BCUT2D eigenvalue weighted by Crippen LogP contribution is -2.35. The third-order valence-corrected chi connectivity index (χ3v) is 6.56. The van der Waals surface area contributed by atoms with Gasteiger partial charge < -0.3 is 4.98 Å². The monoisotopic (exact) mass is 540 g/mol. The Kier molecular flexibility index (Phi) is 6.29. The molecule has 178 valence electrons. The largest absolute Gasteiger partial charge is 0.416 e. The summed E-state index contributed by atoms with van der Waals surface area (Å²) in [6, 6.07) is 14.7. The van der Waals surface area contributed by atoms with Gasteiger partial charge in [0.2, 0.25) is 0 Å². The lowest BCUT2D eigenvalue weighted by molar-refractivity contribution is -0.137. The second kappa shape index (κ2) is 9.39. The zero-order valence-corrected chi connectivity index (χ0v) is 20.0. The zero-order valence-electron chi connectivity index (χ0n) is 18.4. The molecule has 0 aliphatic carbocycles. The zero-order chi connectivity index (χ0) is 24.6. The highest BCUT2D eigenvalue weighted by Gasteiger charge is 2.30. The van der Waals surface area contributed by atoms with Crippen LogP contribution in [0.5, 0.6) is 0 Å².